The number of furan rings is 1. The highest BCUT2D eigenvalue weighted by atomic mass is 32.1. The number of carbonyl (C=O) groups is 1. The maximum absolute atomic E-state index is 11.9. The minimum Gasteiger partial charge on any atom is -0.461 e. The van der Waals surface area contributed by atoms with Gasteiger partial charge in [0.15, 0.2) is 11.5 Å². The minimum absolute atomic E-state index is 0.233. The molecule has 108 valence electrons. The third-order valence-electron chi connectivity index (χ3n) is 2.80. The summed E-state index contributed by atoms with van der Waals surface area (Å²) in [6.45, 7) is 2.46. The summed E-state index contributed by atoms with van der Waals surface area (Å²) in [5.41, 5.74) is 1.23. The Morgan fingerprint density at radius 2 is 2.33 bits per heavy atom. The third kappa shape index (κ3) is 3.19. The molecule has 0 aromatic carbocycles. The minimum atomic E-state index is -0.273. The molecule has 3 heterocycles. The van der Waals surface area contributed by atoms with Gasteiger partial charge < -0.3 is 14.3 Å². The Labute approximate surface area is 124 Å². The maximum atomic E-state index is 11.9. The molecule has 0 aliphatic heterocycles. The number of hydrogen-bond acceptors (Lipinski definition) is 6. The zero-order valence-electron chi connectivity index (χ0n) is 11.3. The van der Waals surface area contributed by atoms with Crippen molar-refractivity contribution in [2.24, 2.45) is 0 Å². The quantitative estimate of drug-likeness (QED) is 0.783. The molecule has 0 fully saturated rings. The number of nitrogens with one attached hydrogen (secondary N) is 1. The van der Waals surface area contributed by atoms with Crippen LogP contribution in [0.4, 0.5) is 0 Å². The van der Waals surface area contributed by atoms with Crippen molar-refractivity contribution >= 4 is 17.2 Å². The Kier molecular flexibility index (Phi) is 3.83. The molecule has 3 aromatic heterocycles. The van der Waals surface area contributed by atoms with Gasteiger partial charge in [0, 0.05) is 30.1 Å². The average Bonchev–Trinajstić information content (AvgIpc) is 3.19. The van der Waals surface area contributed by atoms with Crippen LogP contribution >= 0.6 is 11.3 Å². The first-order chi connectivity index (χ1) is 10.2. The molecule has 1 amide bonds. The molecule has 7 heteroatoms. The largest absolute Gasteiger partial charge is 0.461 e. The third-order valence-corrected chi connectivity index (χ3v) is 3.82. The summed E-state index contributed by atoms with van der Waals surface area (Å²) >= 11 is 1.59. The van der Waals surface area contributed by atoms with Gasteiger partial charge >= 0.3 is 0 Å². The van der Waals surface area contributed by atoms with Crippen molar-refractivity contribution in [3.8, 4) is 11.5 Å². The molecule has 0 spiro atoms. The second-order valence-corrected chi connectivity index (χ2v) is 5.38. The van der Waals surface area contributed by atoms with Crippen LogP contribution in [-0.4, -0.2) is 22.6 Å². The van der Waals surface area contributed by atoms with E-state index in [2.05, 4.69) is 15.5 Å². The summed E-state index contributed by atoms with van der Waals surface area (Å²) in [5.74, 6) is 0.699. The Hall–Kier alpha value is -2.41. The SMILES string of the molecule is Cc1csc(CCNC(=O)c2cc(-c3ccco3)on2)n1. The topological polar surface area (TPSA) is 81.2 Å². The number of amides is 1. The lowest BCUT2D eigenvalue weighted by atomic mass is 10.3. The lowest BCUT2D eigenvalue weighted by Gasteiger charge is -1.99. The molecule has 1 N–H and O–H groups in total. The van der Waals surface area contributed by atoms with E-state index in [9.17, 15) is 4.79 Å². The molecule has 0 bridgehead atoms. The molecule has 0 saturated heterocycles. The van der Waals surface area contributed by atoms with Gasteiger partial charge in [-0.2, -0.15) is 0 Å². The standard InChI is InChI=1S/C14H13N3O3S/c1-9-8-21-13(16-9)4-5-15-14(18)10-7-12(20-17-10)11-3-2-6-19-11/h2-3,6-8H,4-5H2,1H3,(H,15,18). The molecule has 21 heavy (non-hydrogen) atoms. The summed E-state index contributed by atoms with van der Waals surface area (Å²) in [7, 11) is 0. The smallest absolute Gasteiger partial charge is 0.273 e. The Balaban J connectivity index is 1.56. The van der Waals surface area contributed by atoms with Crippen molar-refractivity contribution in [3.63, 3.8) is 0 Å². The molecule has 0 radical (unpaired) electrons. The lowest BCUT2D eigenvalue weighted by Crippen LogP contribution is -2.25. The first-order valence-electron chi connectivity index (χ1n) is 6.42. The number of thiazole rings is 1. The van der Waals surface area contributed by atoms with E-state index >= 15 is 0 Å². The van der Waals surface area contributed by atoms with Crippen molar-refractivity contribution < 1.29 is 13.7 Å². The van der Waals surface area contributed by atoms with Crippen LogP contribution in [-0.2, 0) is 6.42 Å². The van der Waals surface area contributed by atoms with Gasteiger partial charge in [-0.25, -0.2) is 4.98 Å². The van der Waals surface area contributed by atoms with E-state index < -0.39 is 0 Å². The van der Waals surface area contributed by atoms with Gasteiger partial charge in [0.05, 0.1) is 11.3 Å². The number of carbonyl (C=O) groups excluding carboxylic acids is 1. The van der Waals surface area contributed by atoms with Gasteiger partial charge in [0.25, 0.3) is 5.91 Å². The number of aromatic nitrogens is 2. The molecular weight excluding hydrogens is 290 g/mol. The van der Waals surface area contributed by atoms with E-state index in [4.69, 9.17) is 8.94 Å². The Bertz CT molecular complexity index is 730. The van der Waals surface area contributed by atoms with Gasteiger partial charge in [0.2, 0.25) is 5.76 Å². The van der Waals surface area contributed by atoms with Crippen molar-refractivity contribution in [3.05, 3.63) is 46.2 Å². The average molecular weight is 303 g/mol. The highest BCUT2D eigenvalue weighted by Crippen LogP contribution is 2.20. The van der Waals surface area contributed by atoms with E-state index in [1.807, 2.05) is 12.3 Å². The summed E-state index contributed by atoms with van der Waals surface area (Å²) in [6.07, 6.45) is 2.24. The van der Waals surface area contributed by atoms with Crippen LogP contribution in [0.5, 0.6) is 0 Å². The van der Waals surface area contributed by atoms with Gasteiger partial charge in [0.1, 0.15) is 0 Å². The van der Waals surface area contributed by atoms with Gasteiger partial charge in [-0.05, 0) is 19.1 Å². The predicted octanol–water partition coefficient (Wildman–Crippen LogP) is 2.67. The van der Waals surface area contributed by atoms with Crippen LogP contribution in [0.25, 0.3) is 11.5 Å². The second kappa shape index (κ2) is 5.92. The monoisotopic (exact) mass is 303 g/mol. The van der Waals surface area contributed by atoms with Crippen LogP contribution in [0.3, 0.4) is 0 Å². The number of nitrogens with zero attached hydrogens (tertiary/aromatic N) is 2. The van der Waals surface area contributed by atoms with Crippen molar-refractivity contribution in [2.75, 3.05) is 6.54 Å². The number of hydrogen-bond donors (Lipinski definition) is 1. The zero-order chi connectivity index (χ0) is 14.7. The normalized spacial score (nSPS) is 10.7. The molecule has 0 saturated carbocycles. The summed E-state index contributed by atoms with van der Waals surface area (Å²) in [4.78, 5) is 16.3. The van der Waals surface area contributed by atoms with Crippen LogP contribution in [0.2, 0.25) is 0 Å². The molecule has 3 aromatic rings. The fourth-order valence-electron chi connectivity index (χ4n) is 1.81. The lowest BCUT2D eigenvalue weighted by molar-refractivity contribution is 0.0945. The van der Waals surface area contributed by atoms with Crippen LogP contribution in [0.15, 0.2) is 38.8 Å². The highest BCUT2D eigenvalue weighted by molar-refractivity contribution is 7.09. The highest BCUT2D eigenvalue weighted by Gasteiger charge is 2.14. The fourth-order valence-corrected chi connectivity index (χ4v) is 2.58. The maximum Gasteiger partial charge on any atom is 0.273 e. The summed E-state index contributed by atoms with van der Waals surface area (Å²) in [5, 5.41) is 9.53. The van der Waals surface area contributed by atoms with Crippen molar-refractivity contribution in [2.45, 2.75) is 13.3 Å². The zero-order valence-corrected chi connectivity index (χ0v) is 12.1. The molecule has 0 aliphatic carbocycles. The van der Waals surface area contributed by atoms with Crippen molar-refractivity contribution in [1.29, 1.82) is 0 Å². The van der Waals surface area contributed by atoms with E-state index in [0.717, 1.165) is 10.7 Å². The number of rotatable bonds is 5. The summed E-state index contributed by atoms with van der Waals surface area (Å²) in [6, 6.07) is 5.04. The second-order valence-electron chi connectivity index (χ2n) is 4.44. The first-order valence-corrected chi connectivity index (χ1v) is 7.30. The number of aryl methyl sites for hydroxylation is 1. The molecule has 0 unspecified atom stereocenters. The summed E-state index contributed by atoms with van der Waals surface area (Å²) < 4.78 is 10.3. The van der Waals surface area contributed by atoms with Gasteiger partial charge in [-0.15, -0.1) is 11.3 Å². The fraction of sp³-hybridized carbons (Fsp3) is 0.214. The molecule has 3 rings (SSSR count). The first kappa shape index (κ1) is 13.6. The molecular formula is C14H13N3O3S. The van der Waals surface area contributed by atoms with E-state index in [1.165, 1.54) is 6.26 Å². The molecule has 6 nitrogen and oxygen atoms in total. The van der Waals surface area contributed by atoms with Crippen LogP contribution < -0.4 is 5.32 Å². The molecule has 0 atom stereocenters. The van der Waals surface area contributed by atoms with Crippen LogP contribution in [0.1, 0.15) is 21.2 Å². The van der Waals surface area contributed by atoms with Gasteiger partial charge in [-0.1, -0.05) is 5.16 Å². The van der Waals surface area contributed by atoms with Crippen LogP contribution in [0, 0.1) is 6.92 Å². The van der Waals surface area contributed by atoms with E-state index in [0.29, 0.717) is 24.5 Å². The van der Waals surface area contributed by atoms with Crippen molar-refractivity contribution in [1.82, 2.24) is 15.5 Å². The van der Waals surface area contributed by atoms with E-state index in [-0.39, 0.29) is 11.6 Å². The Morgan fingerprint density at radius 3 is 3.05 bits per heavy atom. The molecule has 0 aliphatic rings. The predicted molar refractivity (Wildman–Crippen MR) is 77.1 cm³/mol. The Morgan fingerprint density at radius 1 is 1.43 bits per heavy atom. The van der Waals surface area contributed by atoms with Gasteiger partial charge in [-0.3, -0.25) is 4.79 Å². The van der Waals surface area contributed by atoms with E-state index in [1.54, 1.807) is 29.5 Å².